The lowest BCUT2D eigenvalue weighted by Crippen LogP contribution is -2.18. The lowest BCUT2D eigenvalue weighted by atomic mass is 10.1. The van der Waals surface area contributed by atoms with E-state index in [1.807, 2.05) is 24.7 Å². The predicted octanol–water partition coefficient (Wildman–Crippen LogP) is 2.09. The molecule has 2 aliphatic heterocycles. The fraction of sp³-hybridized carbons (Fsp3) is 0.250. The molecule has 17 heavy (non-hydrogen) atoms. The van der Waals surface area contributed by atoms with Crippen LogP contribution in [0.4, 0.5) is 5.69 Å². The van der Waals surface area contributed by atoms with Gasteiger partial charge in [-0.05, 0) is 6.92 Å². The van der Waals surface area contributed by atoms with Crippen LogP contribution in [0.3, 0.4) is 0 Å². The van der Waals surface area contributed by atoms with Crippen LogP contribution in [0.2, 0.25) is 0 Å². The maximum absolute atomic E-state index is 5.40. The van der Waals surface area contributed by atoms with E-state index in [0.717, 1.165) is 28.6 Å². The van der Waals surface area contributed by atoms with Crippen LogP contribution in [0.5, 0.6) is 11.5 Å². The Morgan fingerprint density at radius 3 is 3.06 bits per heavy atom. The van der Waals surface area contributed by atoms with Crippen LogP contribution in [0.1, 0.15) is 18.7 Å². The number of hydrogen-bond acceptors (Lipinski definition) is 4. The van der Waals surface area contributed by atoms with Crippen molar-refractivity contribution in [3.05, 3.63) is 30.4 Å². The van der Waals surface area contributed by atoms with E-state index in [-0.39, 0.29) is 6.04 Å². The molecule has 0 bridgehead atoms. The van der Waals surface area contributed by atoms with Crippen LogP contribution < -0.4 is 14.8 Å². The van der Waals surface area contributed by atoms with Gasteiger partial charge in [-0.15, -0.1) is 0 Å². The van der Waals surface area contributed by atoms with Gasteiger partial charge in [0, 0.05) is 12.1 Å². The Morgan fingerprint density at radius 1 is 1.35 bits per heavy atom. The van der Waals surface area contributed by atoms with E-state index in [9.17, 15) is 0 Å². The number of aromatic nitrogens is 2. The van der Waals surface area contributed by atoms with Crippen molar-refractivity contribution in [2.45, 2.75) is 13.0 Å². The minimum atomic E-state index is 0.241. The number of hydrogen-bond donors (Lipinski definition) is 1. The molecule has 1 atom stereocenters. The quantitative estimate of drug-likeness (QED) is 0.751. The minimum absolute atomic E-state index is 0.241. The monoisotopic (exact) mass is 229 g/mol. The van der Waals surface area contributed by atoms with Crippen molar-refractivity contribution >= 4 is 5.69 Å². The Labute approximate surface area is 98.0 Å². The summed E-state index contributed by atoms with van der Waals surface area (Å²) in [4.78, 5) is 4.20. The molecule has 2 aromatic rings. The van der Waals surface area contributed by atoms with Crippen LogP contribution in [0, 0.1) is 0 Å². The first-order chi connectivity index (χ1) is 8.33. The van der Waals surface area contributed by atoms with Gasteiger partial charge in [-0.1, -0.05) is 0 Å². The van der Waals surface area contributed by atoms with Gasteiger partial charge in [0.15, 0.2) is 11.5 Å². The molecule has 0 fully saturated rings. The molecule has 1 N–H and O–H groups in total. The van der Waals surface area contributed by atoms with Gasteiger partial charge in [-0.2, -0.15) is 0 Å². The molecule has 1 aromatic heterocycles. The molecule has 2 aliphatic rings. The van der Waals surface area contributed by atoms with Crippen molar-refractivity contribution in [1.29, 1.82) is 0 Å². The van der Waals surface area contributed by atoms with E-state index < -0.39 is 0 Å². The maximum atomic E-state index is 5.40. The fourth-order valence-electron chi connectivity index (χ4n) is 2.38. The van der Waals surface area contributed by atoms with Crippen molar-refractivity contribution in [2.75, 3.05) is 12.1 Å². The summed E-state index contributed by atoms with van der Waals surface area (Å²) in [5.74, 6) is 1.59. The summed E-state index contributed by atoms with van der Waals surface area (Å²) in [6.45, 7) is 2.41. The highest BCUT2D eigenvalue weighted by Gasteiger charge is 2.25. The first-order valence-corrected chi connectivity index (χ1v) is 5.56. The van der Waals surface area contributed by atoms with E-state index in [2.05, 4.69) is 21.8 Å². The van der Waals surface area contributed by atoms with Crippen LogP contribution in [0.25, 0.3) is 5.69 Å². The topological polar surface area (TPSA) is 48.3 Å². The Bertz CT molecular complexity index is 606. The van der Waals surface area contributed by atoms with E-state index in [1.54, 1.807) is 0 Å². The third-order valence-electron chi connectivity index (χ3n) is 3.23. The van der Waals surface area contributed by atoms with Crippen molar-refractivity contribution in [3.8, 4) is 17.2 Å². The summed E-state index contributed by atoms with van der Waals surface area (Å²) in [5, 5.41) is 3.44. The molecular formula is C12H11N3O2. The molecule has 86 valence electrons. The van der Waals surface area contributed by atoms with Crippen molar-refractivity contribution < 1.29 is 9.47 Å². The zero-order chi connectivity index (χ0) is 11.4. The van der Waals surface area contributed by atoms with Crippen molar-refractivity contribution in [2.24, 2.45) is 0 Å². The second kappa shape index (κ2) is 2.94. The average molecular weight is 229 g/mol. The molecule has 0 spiro atoms. The fourth-order valence-corrected chi connectivity index (χ4v) is 2.38. The second-order valence-corrected chi connectivity index (χ2v) is 4.28. The number of fused-ring (bicyclic) bond motifs is 4. The summed E-state index contributed by atoms with van der Waals surface area (Å²) < 4.78 is 12.9. The zero-order valence-corrected chi connectivity index (χ0v) is 9.30. The van der Waals surface area contributed by atoms with Gasteiger partial charge in [-0.25, -0.2) is 4.98 Å². The number of rotatable bonds is 0. The highest BCUT2D eigenvalue weighted by atomic mass is 16.7. The first kappa shape index (κ1) is 8.92. The molecule has 5 heteroatoms. The molecule has 0 saturated heterocycles. The van der Waals surface area contributed by atoms with Gasteiger partial charge in [0.25, 0.3) is 0 Å². The SMILES string of the molecule is C[C@@H]1Nc2cc3c(cc2-n2cncc21)OCO3. The summed E-state index contributed by atoms with van der Waals surface area (Å²) in [6, 6.07) is 4.21. The highest BCUT2D eigenvalue weighted by molar-refractivity contribution is 5.71. The number of benzene rings is 1. The largest absolute Gasteiger partial charge is 0.454 e. The van der Waals surface area contributed by atoms with Gasteiger partial charge >= 0.3 is 0 Å². The standard InChI is InChI=1S/C12H11N3O2/c1-7-10-4-13-5-15(10)9-3-12-11(16-6-17-12)2-8(9)14-7/h2-5,7,14H,6H2,1H3/t7-/m0/s1. The van der Waals surface area contributed by atoms with Crippen molar-refractivity contribution in [3.63, 3.8) is 0 Å². The summed E-state index contributed by atoms with van der Waals surface area (Å²) in [6.07, 6.45) is 3.71. The molecule has 3 heterocycles. The third kappa shape index (κ3) is 1.11. The Hall–Kier alpha value is -2.17. The normalized spacial score (nSPS) is 19.5. The summed E-state index contributed by atoms with van der Waals surface area (Å²) in [5.41, 5.74) is 3.25. The summed E-state index contributed by atoms with van der Waals surface area (Å²) in [7, 11) is 0. The van der Waals surface area contributed by atoms with E-state index >= 15 is 0 Å². The van der Waals surface area contributed by atoms with Crippen LogP contribution in [0.15, 0.2) is 24.7 Å². The molecule has 4 rings (SSSR count). The van der Waals surface area contributed by atoms with Crippen molar-refractivity contribution in [1.82, 2.24) is 9.55 Å². The third-order valence-corrected chi connectivity index (χ3v) is 3.23. The molecular weight excluding hydrogens is 218 g/mol. The molecule has 0 amide bonds. The van der Waals surface area contributed by atoms with E-state index in [1.165, 1.54) is 0 Å². The van der Waals surface area contributed by atoms with Gasteiger partial charge in [-0.3, -0.25) is 4.57 Å². The summed E-state index contributed by atoms with van der Waals surface area (Å²) >= 11 is 0. The van der Waals surface area contributed by atoms with Crippen LogP contribution in [-0.2, 0) is 0 Å². The first-order valence-electron chi connectivity index (χ1n) is 5.56. The van der Waals surface area contributed by atoms with E-state index in [0.29, 0.717) is 6.79 Å². The molecule has 0 aliphatic carbocycles. The number of anilines is 1. The van der Waals surface area contributed by atoms with Gasteiger partial charge < -0.3 is 14.8 Å². The van der Waals surface area contributed by atoms with Gasteiger partial charge in [0.1, 0.15) is 0 Å². The highest BCUT2D eigenvalue weighted by Crippen LogP contribution is 2.42. The van der Waals surface area contributed by atoms with Crippen LogP contribution in [-0.4, -0.2) is 16.3 Å². The Morgan fingerprint density at radius 2 is 2.18 bits per heavy atom. The zero-order valence-electron chi connectivity index (χ0n) is 9.30. The lowest BCUT2D eigenvalue weighted by Gasteiger charge is -2.26. The minimum Gasteiger partial charge on any atom is -0.454 e. The molecule has 5 nitrogen and oxygen atoms in total. The number of nitrogens with zero attached hydrogens (tertiary/aromatic N) is 2. The lowest BCUT2D eigenvalue weighted by molar-refractivity contribution is 0.174. The Kier molecular flexibility index (Phi) is 1.54. The average Bonchev–Trinajstić information content (AvgIpc) is 2.95. The number of nitrogens with one attached hydrogen (secondary N) is 1. The van der Waals surface area contributed by atoms with Gasteiger partial charge in [0.2, 0.25) is 6.79 Å². The van der Waals surface area contributed by atoms with E-state index in [4.69, 9.17) is 9.47 Å². The maximum Gasteiger partial charge on any atom is 0.231 e. The van der Waals surface area contributed by atoms with Gasteiger partial charge in [0.05, 0.1) is 35.6 Å². The smallest absolute Gasteiger partial charge is 0.231 e. The Balaban J connectivity index is 1.98. The molecule has 0 unspecified atom stereocenters. The molecule has 0 radical (unpaired) electrons. The number of ether oxygens (including phenoxy) is 2. The number of imidazole rings is 1. The van der Waals surface area contributed by atoms with Crippen LogP contribution >= 0.6 is 0 Å². The predicted molar refractivity (Wildman–Crippen MR) is 61.7 cm³/mol. The molecule has 1 aromatic carbocycles. The molecule has 0 saturated carbocycles. The second-order valence-electron chi connectivity index (χ2n) is 4.28.